The average Bonchev–Trinajstić information content (AvgIpc) is 3.81. The third kappa shape index (κ3) is 8.08. The number of nitrogens with one attached hydrogen (secondary N) is 1. The summed E-state index contributed by atoms with van der Waals surface area (Å²) in [6, 6.07) is 1.03. The molecule has 2 heterocycles. The SMILES string of the molecule is Cc1cc(F)cc(C)c1-c1cc(C2CC2)c(F)c(C(CC(=O)O)NC(=O)C(CC(C)C)n2cc(CCN3CCC3)c(C(F)(F)F)cc2=O)c1F. The van der Waals surface area contributed by atoms with E-state index in [1.807, 2.05) is 4.90 Å². The standard InChI is InChI=1S/C37H41F6N3O4/c1-19(2)12-29(46-18-23(8-11-45-9-5-10-45)27(16-30(46)47)37(41,42)43)36(50)44-28(17-31(48)49)33-34(39)25(22-6-7-22)15-26(35(33)40)32-20(3)13-24(38)14-21(32)4/h13-16,18-19,22,28-29H,5-12,17H2,1-4H3,(H,44,50)(H,48,49). The highest BCUT2D eigenvalue weighted by Crippen LogP contribution is 2.46. The lowest BCUT2D eigenvalue weighted by molar-refractivity contribution is -0.139. The molecule has 5 rings (SSSR count). The van der Waals surface area contributed by atoms with E-state index in [0.29, 0.717) is 42.1 Å². The molecule has 3 aromatic rings. The van der Waals surface area contributed by atoms with Crippen LogP contribution in [0.2, 0.25) is 0 Å². The molecule has 1 aromatic heterocycles. The first-order valence-electron chi connectivity index (χ1n) is 16.8. The fraction of sp³-hybridized carbons (Fsp3) is 0.486. The van der Waals surface area contributed by atoms with E-state index in [0.717, 1.165) is 30.3 Å². The maximum Gasteiger partial charge on any atom is 0.416 e. The van der Waals surface area contributed by atoms with Gasteiger partial charge in [-0.25, -0.2) is 13.2 Å². The van der Waals surface area contributed by atoms with Crippen LogP contribution in [0.1, 0.15) is 97.3 Å². The lowest BCUT2D eigenvalue weighted by atomic mass is 9.88. The van der Waals surface area contributed by atoms with Gasteiger partial charge in [0.15, 0.2) is 0 Å². The van der Waals surface area contributed by atoms with Crippen LogP contribution in [0.4, 0.5) is 26.3 Å². The topological polar surface area (TPSA) is 91.6 Å². The Bertz CT molecular complexity index is 1820. The number of carboxylic acid groups (broad SMARTS) is 1. The smallest absolute Gasteiger partial charge is 0.416 e. The summed E-state index contributed by atoms with van der Waals surface area (Å²) in [5.74, 6) is -5.71. The van der Waals surface area contributed by atoms with E-state index in [1.165, 1.54) is 18.2 Å². The number of halogens is 6. The molecule has 0 spiro atoms. The minimum Gasteiger partial charge on any atom is -0.481 e. The maximum atomic E-state index is 16.6. The molecule has 2 unspecified atom stereocenters. The van der Waals surface area contributed by atoms with Crippen molar-refractivity contribution in [3.05, 3.63) is 91.6 Å². The van der Waals surface area contributed by atoms with Crippen LogP contribution in [0.25, 0.3) is 11.1 Å². The summed E-state index contributed by atoms with van der Waals surface area (Å²) in [5, 5.41) is 12.3. The number of nitrogens with zero attached hydrogens (tertiary/aromatic N) is 2. The third-order valence-electron chi connectivity index (χ3n) is 9.54. The Morgan fingerprint density at radius 3 is 2.16 bits per heavy atom. The molecule has 1 amide bonds. The fourth-order valence-corrected chi connectivity index (χ4v) is 6.84. The summed E-state index contributed by atoms with van der Waals surface area (Å²) in [4.78, 5) is 41.4. The van der Waals surface area contributed by atoms with Gasteiger partial charge in [0.2, 0.25) is 5.91 Å². The molecule has 2 aliphatic rings. The summed E-state index contributed by atoms with van der Waals surface area (Å²) < 4.78 is 90.2. The minimum atomic E-state index is -4.83. The number of alkyl halides is 3. The summed E-state index contributed by atoms with van der Waals surface area (Å²) in [6.07, 6.45) is -2.70. The van der Waals surface area contributed by atoms with Crippen LogP contribution in [-0.2, 0) is 22.2 Å². The number of carbonyl (C=O) groups is 2. The van der Waals surface area contributed by atoms with Gasteiger partial charge in [-0.2, -0.15) is 13.2 Å². The molecule has 50 heavy (non-hydrogen) atoms. The number of rotatable bonds is 13. The first-order chi connectivity index (χ1) is 23.5. The zero-order chi connectivity index (χ0) is 36.7. The third-order valence-corrected chi connectivity index (χ3v) is 9.54. The van der Waals surface area contributed by atoms with Crippen LogP contribution < -0.4 is 10.9 Å². The van der Waals surface area contributed by atoms with Gasteiger partial charge in [-0.15, -0.1) is 0 Å². The van der Waals surface area contributed by atoms with E-state index in [9.17, 15) is 37.1 Å². The van der Waals surface area contributed by atoms with E-state index >= 15 is 8.78 Å². The Balaban J connectivity index is 1.60. The maximum absolute atomic E-state index is 16.6. The van der Waals surface area contributed by atoms with Gasteiger partial charge in [0.1, 0.15) is 23.5 Å². The van der Waals surface area contributed by atoms with Crippen LogP contribution in [0.5, 0.6) is 0 Å². The molecule has 7 nitrogen and oxygen atoms in total. The summed E-state index contributed by atoms with van der Waals surface area (Å²) in [6.45, 7) is 8.38. The molecule has 2 atom stereocenters. The van der Waals surface area contributed by atoms with Crippen molar-refractivity contribution in [2.75, 3.05) is 19.6 Å². The Morgan fingerprint density at radius 2 is 1.64 bits per heavy atom. The molecule has 1 aliphatic heterocycles. The van der Waals surface area contributed by atoms with Crippen molar-refractivity contribution in [3.8, 4) is 11.1 Å². The number of aliphatic carboxylic acids is 1. The quantitative estimate of drug-likeness (QED) is 0.179. The van der Waals surface area contributed by atoms with Gasteiger partial charge < -0.3 is 19.9 Å². The van der Waals surface area contributed by atoms with Crippen molar-refractivity contribution in [1.82, 2.24) is 14.8 Å². The molecule has 0 radical (unpaired) electrons. The number of aryl methyl sites for hydroxylation is 2. The highest BCUT2D eigenvalue weighted by Gasteiger charge is 2.38. The van der Waals surface area contributed by atoms with Gasteiger partial charge in [0.25, 0.3) is 5.56 Å². The normalized spacial score (nSPS) is 16.3. The molecule has 1 saturated heterocycles. The van der Waals surface area contributed by atoms with Crippen LogP contribution in [0.3, 0.4) is 0 Å². The number of likely N-dealkylation sites (tertiary alicyclic amines) is 1. The molecule has 13 heteroatoms. The number of benzene rings is 2. The van der Waals surface area contributed by atoms with Crippen LogP contribution in [-0.4, -0.2) is 46.1 Å². The molecule has 270 valence electrons. The number of hydrogen-bond acceptors (Lipinski definition) is 4. The summed E-state index contributed by atoms with van der Waals surface area (Å²) >= 11 is 0. The zero-order valence-electron chi connectivity index (χ0n) is 28.4. The molecule has 1 saturated carbocycles. The van der Waals surface area contributed by atoms with Crippen molar-refractivity contribution in [2.45, 2.75) is 90.4 Å². The van der Waals surface area contributed by atoms with E-state index in [4.69, 9.17) is 0 Å². The second-order valence-corrected chi connectivity index (χ2v) is 13.9. The van der Waals surface area contributed by atoms with Crippen LogP contribution >= 0.6 is 0 Å². The van der Waals surface area contributed by atoms with Gasteiger partial charge in [0.05, 0.1) is 18.0 Å². The minimum absolute atomic E-state index is 0.0395. The first kappa shape index (κ1) is 37.1. The number of hydrogen-bond donors (Lipinski definition) is 2. The molecular formula is C37H41F6N3O4. The van der Waals surface area contributed by atoms with E-state index in [1.54, 1.807) is 27.7 Å². The van der Waals surface area contributed by atoms with E-state index < -0.39 is 70.7 Å². The zero-order valence-corrected chi connectivity index (χ0v) is 28.4. The van der Waals surface area contributed by atoms with Crippen LogP contribution in [0.15, 0.2) is 35.3 Å². The van der Waals surface area contributed by atoms with Gasteiger partial charge in [-0.3, -0.25) is 14.4 Å². The van der Waals surface area contributed by atoms with Crippen molar-refractivity contribution >= 4 is 11.9 Å². The number of pyridine rings is 1. The number of carbonyl (C=O) groups excluding carboxylic acids is 1. The molecule has 2 aromatic carbocycles. The molecule has 2 fully saturated rings. The lowest BCUT2D eigenvalue weighted by Crippen LogP contribution is -2.41. The molecule has 0 bridgehead atoms. The first-order valence-corrected chi connectivity index (χ1v) is 16.8. The summed E-state index contributed by atoms with van der Waals surface area (Å²) in [5.41, 5.74) is -2.00. The Hall–Kier alpha value is -4.13. The largest absolute Gasteiger partial charge is 0.481 e. The molecule has 2 N–H and O–H groups in total. The van der Waals surface area contributed by atoms with Gasteiger partial charge in [-0.05, 0) is 117 Å². The van der Waals surface area contributed by atoms with E-state index in [2.05, 4.69) is 5.32 Å². The Kier molecular flexibility index (Phi) is 10.9. The van der Waals surface area contributed by atoms with Gasteiger partial charge in [0, 0.05) is 29.9 Å². The average molecular weight is 706 g/mol. The van der Waals surface area contributed by atoms with Crippen molar-refractivity contribution < 1.29 is 41.0 Å². The number of amides is 1. The Morgan fingerprint density at radius 1 is 1.00 bits per heavy atom. The highest BCUT2D eigenvalue weighted by molar-refractivity contribution is 5.82. The fourth-order valence-electron chi connectivity index (χ4n) is 6.84. The highest BCUT2D eigenvalue weighted by atomic mass is 19.4. The second-order valence-electron chi connectivity index (χ2n) is 13.9. The van der Waals surface area contributed by atoms with Gasteiger partial charge >= 0.3 is 12.1 Å². The predicted octanol–water partition coefficient (Wildman–Crippen LogP) is 7.61. The second kappa shape index (κ2) is 14.6. The van der Waals surface area contributed by atoms with Crippen LogP contribution in [0, 0.1) is 37.2 Å². The van der Waals surface area contributed by atoms with E-state index in [-0.39, 0.29) is 41.4 Å². The number of carboxylic acids is 1. The number of aromatic nitrogens is 1. The van der Waals surface area contributed by atoms with Crippen molar-refractivity contribution in [3.63, 3.8) is 0 Å². The lowest BCUT2D eigenvalue weighted by Gasteiger charge is -2.31. The molecular weight excluding hydrogens is 664 g/mol. The summed E-state index contributed by atoms with van der Waals surface area (Å²) in [7, 11) is 0. The predicted molar refractivity (Wildman–Crippen MR) is 175 cm³/mol. The van der Waals surface area contributed by atoms with Gasteiger partial charge in [-0.1, -0.05) is 13.8 Å². The Labute approximate surface area is 286 Å². The monoisotopic (exact) mass is 705 g/mol. The van der Waals surface area contributed by atoms with Crippen molar-refractivity contribution in [1.29, 1.82) is 0 Å². The molecule has 1 aliphatic carbocycles. The van der Waals surface area contributed by atoms with Crippen molar-refractivity contribution in [2.24, 2.45) is 5.92 Å².